The summed E-state index contributed by atoms with van der Waals surface area (Å²) in [4.78, 5) is 20.9. The van der Waals surface area contributed by atoms with Crippen molar-refractivity contribution >= 4 is 17.2 Å². The Kier molecular flexibility index (Phi) is 6.15. The van der Waals surface area contributed by atoms with Crippen molar-refractivity contribution in [2.45, 2.75) is 26.3 Å². The van der Waals surface area contributed by atoms with Crippen molar-refractivity contribution < 1.29 is 13.9 Å². The molecule has 4 aromatic rings. The topological polar surface area (TPSA) is 60.2 Å². The first-order chi connectivity index (χ1) is 16.5. The first kappa shape index (κ1) is 22.3. The van der Waals surface area contributed by atoms with E-state index in [1.807, 2.05) is 41.3 Å². The third kappa shape index (κ3) is 4.46. The van der Waals surface area contributed by atoms with Gasteiger partial charge in [0.15, 0.2) is 0 Å². The van der Waals surface area contributed by atoms with Crippen molar-refractivity contribution in [3.63, 3.8) is 0 Å². The number of methoxy groups -OCH3 is 1. The first-order valence-corrected chi connectivity index (χ1v) is 12.0. The summed E-state index contributed by atoms with van der Waals surface area (Å²) in [6.45, 7) is 3.13. The molecule has 0 radical (unpaired) electrons. The van der Waals surface area contributed by atoms with Crippen LogP contribution in [0.15, 0.2) is 54.6 Å². The van der Waals surface area contributed by atoms with E-state index in [9.17, 15) is 9.18 Å². The summed E-state index contributed by atoms with van der Waals surface area (Å²) in [5.74, 6) is -0.229. The molecule has 174 valence electrons. The predicted octanol–water partition coefficient (Wildman–Crippen LogP) is 4.76. The van der Waals surface area contributed by atoms with Gasteiger partial charge >= 0.3 is 0 Å². The summed E-state index contributed by atoms with van der Waals surface area (Å²) in [5.41, 5.74) is 4.95. The number of hydrogen-bond donors (Lipinski definition) is 0. The Bertz CT molecular complexity index is 1310. The molecule has 6 nitrogen and oxygen atoms in total. The van der Waals surface area contributed by atoms with E-state index in [1.165, 1.54) is 10.9 Å². The third-order valence-corrected chi connectivity index (χ3v) is 7.22. The third-order valence-electron chi connectivity index (χ3n) is 6.10. The molecule has 1 amide bonds. The Hall–Kier alpha value is -3.52. The van der Waals surface area contributed by atoms with Gasteiger partial charge in [0.05, 0.1) is 24.2 Å². The van der Waals surface area contributed by atoms with Crippen LogP contribution in [0.1, 0.15) is 16.1 Å². The van der Waals surface area contributed by atoms with Crippen molar-refractivity contribution in [1.29, 1.82) is 0 Å². The minimum Gasteiger partial charge on any atom is -0.473 e. The number of ether oxygens (including phenoxy) is 1. The average molecular weight is 477 g/mol. The van der Waals surface area contributed by atoms with Gasteiger partial charge in [-0.25, -0.2) is 9.37 Å². The molecular formula is C26H25FN4O2S. The van der Waals surface area contributed by atoms with Crippen LogP contribution in [0, 0.1) is 12.7 Å². The van der Waals surface area contributed by atoms with Gasteiger partial charge in [0.1, 0.15) is 12.4 Å². The van der Waals surface area contributed by atoms with Crippen LogP contribution in [0.3, 0.4) is 0 Å². The molecule has 5 rings (SSSR count). The van der Waals surface area contributed by atoms with Crippen molar-refractivity contribution in [3.05, 3.63) is 76.5 Å². The molecule has 3 heterocycles. The van der Waals surface area contributed by atoms with Crippen LogP contribution in [-0.2, 0) is 24.2 Å². The summed E-state index contributed by atoms with van der Waals surface area (Å²) in [7, 11) is 1.63. The summed E-state index contributed by atoms with van der Waals surface area (Å²) in [6, 6.07) is 16.8. The zero-order valence-corrected chi connectivity index (χ0v) is 19.9. The van der Waals surface area contributed by atoms with Gasteiger partial charge in [0.25, 0.3) is 5.19 Å². The van der Waals surface area contributed by atoms with Crippen LogP contribution in [0.4, 0.5) is 4.39 Å². The molecule has 0 saturated carbocycles. The van der Waals surface area contributed by atoms with Gasteiger partial charge < -0.3 is 9.64 Å². The minimum atomic E-state index is -0.247. The fourth-order valence-electron chi connectivity index (χ4n) is 4.23. The number of aryl methyl sites for hydroxylation is 1. The average Bonchev–Trinajstić information content (AvgIpc) is 3.40. The second kappa shape index (κ2) is 9.38. The quantitative estimate of drug-likeness (QED) is 0.417. The maximum absolute atomic E-state index is 13.8. The smallest absolute Gasteiger partial charge is 0.273 e. The lowest BCUT2D eigenvalue weighted by Gasteiger charge is -2.20. The van der Waals surface area contributed by atoms with Crippen LogP contribution in [0.2, 0.25) is 0 Å². The van der Waals surface area contributed by atoms with Crippen LogP contribution < -0.4 is 4.74 Å². The Labute approximate surface area is 201 Å². The zero-order chi connectivity index (χ0) is 23.7. The number of halogens is 1. The maximum atomic E-state index is 13.8. The molecule has 0 spiro atoms. The van der Waals surface area contributed by atoms with E-state index in [4.69, 9.17) is 9.84 Å². The second-order valence-electron chi connectivity index (χ2n) is 8.34. The molecular weight excluding hydrogens is 451 g/mol. The normalized spacial score (nSPS) is 13.4. The lowest BCUT2D eigenvalue weighted by atomic mass is 10.1. The number of benzene rings is 2. The number of fused-ring (bicyclic) bond motifs is 1. The number of thiazole rings is 1. The number of nitrogens with zero attached hydrogens (tertiary/aromatic N) is 4. The van der Waals surface area contributed by atoms with E-state index < -0.39 is 0 Å². The van der Waals surface area contributed by atoms with Gasteiger partial charge in [0.2, 0.25) is 5.91 Å². The summed E-state index contributed by atoms with van der Waals surface area (Å²) in [6.07, 6.45) is 1.48. The molecule has 1 aliphatic heterocycles. The van der Waals surface area contributed by atoms with Crippen molar-refractivity contribution in [1.82, 2.24) is 19.7 Å². The van der Waals surface area contributed by atoms with Crippen molar-refractivity contribution in [3.8, 4) is 27.7 Å². The van der Waals surface area contributed by atoms with Gasteiger partial charge in [-0.2, -0.15) is 5.10 Å². The van der Waals surface area contributed by atoms with E-state index in [0.717, 1.165) is 28.9 Å². The lowest BCUT2D eigenvalue weighted by molar-refractivity contribution is -0.131. The van der Waals surface area contributed by atoms with Gasteiger partial charge in [-0.3, -0.25) is 9.48 Å². The standard InChI is InChI=1S/C26H25FN4O2S/c1-17-14-19(8-9-20(17)27)22-15-23(18-6-4-3-5-7-18)31(29-22)16-25(32)30-12-10-21-24(11-13-30)34-26(28-21)33-2/h3-9,14-15H,10-13,16H2,1-2H3. The molecule has 2 aromatic heterocycles. The van der Waals surface area contributed by atoms with Gasteiger partial charge in [-0.1, -0.05) is 41.7 Å². The fraction of sp³-hybridized carbons (Fsp3) is 0.269. The Morgan fingerprint density at radius 3 is 2.65 bits per heavy atom. The number of carbonyl (C=O) groups is 1. The van der Waals surface area contributed by atoms with Gasteiger partial charge in [0, 0.05) is 36.4 Å². The molecule has 0 aliphatic carbocycles. The Morgan fingerprint density at radius 1 is 1.09 bits per heavy atom. The molecule has 0 fully saturated rings. The van der Waals surface area contributed by atoms with Crippen molar-refractivity contribution in [2.75, 3.05) is 20.2 Å². The SMILES string of the molecule is COc1nc2c(s1)CCN(C(=O)Cn1nc(-c3ccc(F)c(C)c3)cc1-c1ccccc1)CC2. The van der Waals surface area contributed by atoms with Crippen LogP contribution in [0.5, 0.6) is 5.19 Å². The van der Waals surface area contributed by atoms with E-state index in [1.54, 1.807) is 42.2 Å². The lowest BCUT2D eigenvalue weighted by Crippen LogP contribution is -2.36. The number of aromatic nitrogens is 3. The largest absolute Gasteiger partial charge is 0.473 e. The molecule has 0 bridgehead atoms. The number of amides is 1. The highest BCUT2D eigenvalue weighted by molar-refractivity contribution is 7.13. The Morgan fingerprint density at radius 2 is 1.88 bits per heavy atom. The van der Waals surface area contributed by atoms with Crippen LogP contribution in [0.25, 0.3) is 22.5 Å². The van der Waals surface area contributed by atoms with E-state index >= 15 is 0 Å². The van der Waals surface area contributed by atoms with E-state index in [-0.39, 0.29) is 18.3 Å². The molecule has 1 aliphatic rings. The van der Waals surface area contributed by atoms with E-state index in [2.05, 4.69) is 4.98 Å². The highest BCUT2D eigenvalue weighted by atomic mass is 32.1. The fourth-order valence-corrected chi connectivity index (χ4v) is 5.14. The van der Waals surface area contributed by atoms with Crippen molar-refractivity contribution in [2.24, 2.45) is 0 Å². The number of hydrogen-bond acceptors (Lipinski definition) is 5. The highest BCUT2D eigenvalue weighted by Gasteiger charge is 2.23. The zero-order valence-electron chi connectivity index (χ0n) is 19.1. The van der Waals surface area contributed by atoms with E-state index in [0.29, 0.717) is 36.0 Å². The molecule has 0 saturated heterocycles. The number of rotatable bonds is 5. The first-order valence-electron chi connectivity index (χ1n) is 11.2. The molecule has 0 N–H and O–H groups in total. The second-order valence-corrected chi connectivity index (χ2v) is 9.38. The Balaban J connectivity index is 1.41. The molecule has 34 heavy (non-hydrogen) atoms. The molecule has 0 atom stereocenters. The monoisotopic (exact) mass is 476 g/mol. The van der Waals surface area contributed by atoms with Gasteiger partial charge in [-0.15, -0.1) is 0 Å². The summed E-state index contributed by atoms with van der Waals surface area (Å²) >= 11 is 1.55. The molecule has 0 unspecified atom stereocenters. The van der Waals surface area contributed by atoms with Gasteiger partial charge in [-0.05, 0) is 42.3 Å². The maximum Gasteiger partial charge on any atom is 0.273 e. The summed E-state index contributed by atoms with van der Waals surface area (Å²) < 4.78 is 20.8. The molecule has 8 heteroatoms. The minimum absolute atomic E-state index is 0.0178. The summed E-state index contributed by atoms with van der Waals surface area (Å²) in [5, 5.41) is 5.44. The highest BCUT2D eigenvalue weighted by Crippen LogP contribution is 2.29. The predicted molar refractivity (Wildman–Crippen MR) is 130 cm³/mol. The van der Waals surface area contributed by atoms with Crippen LogP contribution in [-0.4, -0.2) is 45.8 Å². The number of carbonyl (C=O) groups excluding carboxylic acids is 1. The molecule has 2 aromatic carbocycles. The van der Waals surface area contributed by atoms with Crippen LogP contribution >= 0.6 is 11.3 Å².